The number of nitrogens with two attached hydrogens (primary N) is 1. The molecule has 2 N–H and O–H groups in total. The number of rotatable bonds is 2. The number of fused-ring (bicyclic) bond motifs is 2. The molecule has 2 aliphatic rings. The number of hydrogen-bond donors (Lipinski definition) is 1. The molecule has 6 heteroatoms. The molecule has 0 saturated carbocycles. The Bertz CT molecular complexity index is 641. The highest BCUT2D eigenvalue weighted by atomic mass is 16.5. The maximum Gasteiger partial charge on any atom is 0.258 e. The second-order valence-corrected chi connectivity index (χ2v) is 6.15. The fourth-order valence-corrected chi connectivity index (χ4v) is 3.72. The smallest absolute Gasteiger partial charge is 0.258 e. The van der Waals surface area contributed by atoms with Crippen molar-refractivity contribution in [3.63, 3.8) is 0 Å². The van der Waals surface area contributed by atoms with Crippen molar-refractivity contribution in [1.29, 1.82) is 0 Å². The van der Waals surface area contributed by atoms with Gasteiger partial charge in [0.05, 0.1) is 0 Å². The molecule has 2 unspecified atom stereocenters. The van der Waals surface area contributed by atoms with Crippen molar-refractivity contribution in [1.82, 2.24) is 20.0 Å². The number of piperidine rings is 1. The summed E-state index contributed by atoms with van der Waals surface area (Å²) >= 11 is 0. The van der Waals surface area contributed by atoms with Gasteiger partial charge in [0.2, 0.25) is 0 Å². The Labute approximate surface area is 123 Å². The lowest BCUT2D eigenvalue weighted by Crippen LogP contribution is -2.39. The summed E-state index contributed by atoms with van der Waals surface area (Å²) in [5, 5.41) is 4.20. The lowest BCUT2D eigenvalue weighted by Gasteiger charge is -2.34. The first-order valence-electron chi connectivity index (χ1n) is 7.48. The van der Waals surface area contributed by atoms with Gasteiger partial charge in [-0.1, -0.05) is 5.16 Å². The summed E-state index contributed by atoms with van der Waals surface area (Å²) in [5.74, 6) is 2.25. The van der Waals surface area contributed by atoms with Gasteiger partial charge in [0.15, 0.2) is 5.82 Å². The second kappa shape index (κ2) is 4.80. The van der Waals surface area contributed by atoms with E-state index in [1.54, 1.807) is 12.3 Å². The molecule has 0 spiro atoms. The first kappa shape index (κ1) is 12.8. The van der Waals surface area contributed by atoms with E-state index in [0.717, 1.165) is 24.2 Å². The number of nitrogen functional groups attached to an aromatic ring is 1. The van der Waals surface area contributed by atoms with Crippen LogP contribution in [0.1, 0.15) is 37.4 Å². The van der Waals surface area contributed by atoms with Gasteiger partial charge in [0.1, 0.15) is 5.82 Å². The van der Waals surface area contributed by atoms with E-state index in [1.807, 2.05) is 6.07 Å². The van der Waals surface area contributed by atoms with E-state index in [-0.39, 0.29) is 0 Å². The standard InChI is InChI=1S/C15H19N5O/c1-20-11-2-3-12(20)7-10(6-11)14-18-15(21-19-14)9-4-5-17-13(16)8-9/h4-5,8,10-12H,2-3,6-7H2,1H3,(H2,16,17). The summed E-state index contributed by atoms with van der Waals surface area (Å²) in [6, 6.07) is 4.95. The zero-order valence-electron chi connectivity index (χ0n) is 12.1. The van der Waals surface area contributed by atoms with Crippen LogP contribution >= 0.6 is 0 Å². The van der Waals surface area contributed by atoms with E-state index < -0.39 is 0 Å². The highest BCUT2D eigenvalue weighted by molar-refractivity contribution is 5.56. The van der Waals surface area contributed by atoms with Crippen LogP contribution in [0.4, 0.5) is 5.82 Å². The van der Waals surface area contributed by atoms with Gasteiger partial charge in [-0.15, -0.1) is 0 Å². The molecule has 2 fully saturated rings. The maximum atomic E-state index is 5.70. The van der Waals surface area contributed by atoms with E-state index in [9.17, 15) is 0 Å². The number of hydrogen-bond acceptors (Lipinski definition) is 6. The fraction of sp³-hybridized carbons (Fsp3) is 0.533. The highest BCUT2D eigenvalue weighted by Gasteiger charge is 2.40. The molecule has 110 valence electrons. The zero-order valence-corrected chi connectivity index (χ0v) is 12.1. The average molecular weight is 285 g/mol. The van der Waals surface area contributed by atoms with Gasteiger partial charge in [0.25, 0.3) is 5.89 Å². The Kier molecular flexibility index (Phi) is 2.92. The molecule has 4 heterocycles. The van der Waals surface area contributed by atoms with Crippen molar-refractivity contribution in [3.05, 3.63) is 24.2 Å². The van der Waals surface area contributed by atoms with Crippen molar-refractivity contribution < 1.29 is 4.52 Å². The first-order chi connectivity index (χ1) is 10.2. The van der Waals surface area contributed by atoms with Crippen molar-refractivity contribution >= 4 is 5.82 Å². The Morgan fingerprint density at radius 1 is 1.29 bits per heavy atom. The summed E-state index contributed by atoms with van der Waals surface area (Å²) in [6.45, 7) is 0. The normalized spacial score (nSPS) is 28.9. The fourth-order valence-electron chi connectivity index (χ4n) is 3.72. The van der Waals surface area contributed by atoms with Gasteiger partial charge in [-0.3, -0.25) is 0 Å². The van der Waals surface area contributed by atoms with Crippen LogP contribution in [0.15, 0.2) is 22.9 Å². The van der Waals surface area contributed by atoms with Gasteiger partial charge in [-0.25, -0.2) is 4.98 Å². The predicted octanol–water partition coefficient (Wildman–Crippen LogP) is 2.05. The third-order valence-corrected chi connectivity index (χ3v) is 4.93. The molecule has 0 aromatic carbocycles. The lowest BCUT2D eigenvalue weighted by molar-refractivity contribution is 0.157. The molecule has 2 atom stereocenters. The molecule has 0 radical (unpaired) electrons. The minimum atomic E-state index is 0.412. The van der Waals surface area contributed by atoms with E-state index in [4.69, 9.17) is 10.3 Å². The van der Waals surface area contributed by atoms with Crippen molar-refractivity contribution in [2.24, 2.45) is 0 Å². The molecule has 2 saturated heterocycles. The van der Waals surface area contributed by atoms with Crippen molar-refractivity contribution in [3.8, 4) is 11.5 Å². The number of anilines is 1. The number of aromatic nitrogens is 3. The third-order valence-electron chi connectivity index (χ3n) is 4.93. The summed E-state index contributed by atoms with van der Waals surface area (Å²) in [7, 11) is 2.24. The molecule has 6 nitrogen and oxygen atoms in total. The minimum absolute atomic E-state index is 0.412. The summed E-state index contributed by atoms with van der Waals surface area (Å²) in [4.78, 5) is 11.1. The molecular formula is C15H19N5O. The Hall–Kier alpha value is -1.95. The molecule has 2 aromatic rings. The second-order valence-electron chi connectivity index (χ2n) is 6.15. The van der Waals surface area contributed by atoms with Crippen LogP contribution in [0.25, 0.3) is 11.5 Å². The largest absolute Gasteiger partial charge is 0.384 e. The van der Waals surface area contributed by atoms with Crippen LogP contribution in [-0.2, 0) is 0 Å². The third kappa shape index (κ3) is 2.19. The molecule has 2 bridgehead atoms. The molecule has 2 aromatic heterocycles. The van der Waals surface area contributed by atoms with E-state index in [2.05, 4.69) is 27.1 Å². The maximum absolute atomic E-state index is 5.70. The van der Waals surface area contributed by atoms with E-state index in [1.165, 1.54) is 12.8 Å². The van der Waals surface area contributed by atoms with Crippen LogP contribution in [0.5, 0.6) is 0 Å². The Balaban J connectivity index is 1.58. The molecule has 0 amide bonds. The van der Waals surface area contributed by atoms with Crippen LogP contribution in [-0.4, -0.2) is 39.2 Å². The van der Waals surface area contributed by atoms with Gasteiger partial charge in [0, 0.05) is 29.8 Å². The SMILES string of the molecule is CN1C2CCC1CC(c1noc(-c3ccnc(N)c3)n1)C2. The van der Waals surface area contributed by atoms with E-state index in [0.29, 0.717) is 29.7 Å². The first-order valence-corrected chi connectivity index (χ1v) is 7.48. The van der Waals surface area contributed by atoms with Gasteiger partial charge >= 0.3 is 0 Å². The van der Waals surface area contributed by atoms with Crippen LogP contribution < -0.4 is 5.73 Å². The van der Waals surface area contributed by atoms with Crippen LogP contribution in [0.3, 0.4) is 0 Å². The predicted molar refractivity (Wildman–Crippen MR) is 78.5 cm³/mol. The summed E-state index contributed by atoms with van der Waals surface area (Å²) in [6.07, 6.45) is 6.51. The molecular weight excluding hydrogens is 266 g/mol. The van der Waals surface area contributed by atoms with Crippen LogP contribution in [0, 0.1) is 0 Å². The number of pyridine rings is 1. The lowest BCUT2D eigenvalue weighted by atomic mass is 9.90. The summed E-state index contributed by atoms with van der Waals surface area (Å²) in [5.41, 5.74) is 6.53. The Morgan fingerprint density at radius 2 is 2.05 bits per heavy atom. The number of nitrogens with zero attached hydrogens (tertiary/aromatic N) is 4. The minimum Gasteiger partial charge on any atom is -0.384 e. The monoisotopic (exact) mass is 285 g/mol. The van der Waals surface area contributed by atoms with E-state index >= 15 is 0 Å². The molecule has 2 aliphatic heterocycles. The average Bonchev–Trinajstić information content (AvgIpc) is 3.02. The van der Waals surface area contributed by atoms with Crippen molar-refractivity contribution in [2.75, 3.05) is 12.8 Å². The van der Waals surface area contributed by atoms with Gasteiger partial charge in [-0.05, 0) is 44.9 Å². The summed E-state index contributed by atoms with van der Waals surface area (Å²) < 4.78 is 5.42. The van der Waals surface area contributed by atoms with Crippen LogP contribution in [0.2, 0.25) is 0 Å². The van der Waals surface area contributed by atoms with Gasteiger partial charge < -0.3 is 15.2 Å². The quantitative estimate of drug-likeness (QED) is 0.909. The van der Waals surface area contributed by atoms with Gasteiger partial charge in [-0.2, -0.15) is 4.98 Å². The molecule has 21 heavy (non-hydrogen) atoms. The molecule has 4 rings (SSSR count). The zero-order chi connectivity index (χ0) is 14.4. The molecule has 0 aliphatic carbocycles. The Morgan fingerprint density at radius 3 is 2.76 bits per heavy atom. The topological polar surface area (TPSA) is 81.1 Å². The highest BCUT2D eigenvalue weighted by Crippen LogP contribution is 2.41. The van der Waals surface area contributed by atoms with Crippen molar-refractivity contribution in [2.45, 2.75) is 43.7 Å².